The summed E-state index contributed by atoms with van der Waals surface area (Å²) in [5.41, 5.74) is 5.53. The van der Waals surface area contributed by atoms with Crippen molar-refractivity contribution in [2.24, 2.45) is 0 Å². The fraction of sp³-hybridized carbons (Fsp3) is 0.684. The molecule has 0 aliphatic carbocycles. The maximum Gasteiger partial charge on any atom is 4.00 e. The zero-order valence-corrected chi connectivity index (χ0v) is 51.6. The van der Waals surface area contributed by atoms with Crippen molar-refractivity contribution in [1.29, 1.82) is 0 Å². The minimum atomic E-state index is -0.417. The zero-order valence-electron chi connectivity index (χ0n) is 48.5. The summed E-state index contributed by atoms with van der Waals surface area (Å²) in [4.78, 5) is 0. The zero-order chi connectivity index (χ0) is 54.4. The fourth-order valence-electron chi connectivity index (χ4n) is 4.77. The smallest absolute Gasteiger partial charge is 0.871 e. The molecule has 0 atom stereocenters. The molecular formula is C57H100N2O8Ti2. The van der Waals surface area contributed by atoms with Gasteiger partial charge in [0.15, 0.2) is 0 Å². The van der Waals surface area contributed by atoms with E-state index in [0.29, 0.717) is 11.4 Å². The third kappa shape index (κ3) is 48.1. The number of hydrogen-bond acceptors (Lipinski definition) is 10. The van der Waals surface area contributed by atoms with Crippen LogP contribution < -0.4 is 51.5 Å². The maximum absolute atomic E-state index is 13.6. The van der Waals surface area contributed by atoms with Crippen molar-refractivity contribution in [3.8, 4) is 11.5 Å². The Morgan fingerprint density at radius 2 is 0.580 bits per heavy atom. The van der Waals surface area contributed by atoms with Gasteiger partial charge in [0.25, 0.3) is 0 Å². The molecule has 2 N–H and O–H groups in total. The summed E-state index contributed by atoms with van der Waals surface area (Å²) >= 11 is 0. The molecule has 0 fully saturated rings. The second-order valence-corrected chi connectivity index (χ2v) is 22.2. The van der Waals surface area contributed by atoms with Crippen molar-refractivity contribution in [3.63, 3.8) is 0 Å². The molecule has 394 valence electrons. The Hall–Kier alpha value is -1.95. The Bertz CT molecular complexity index is 1520. The van der Waals surface area contributed by atoms with Crippen molar-refractivity contribution >= 4 is 22.7 Å². The van der Waals surface area contributed by atoms with Crippen molar-refractivity contribution < 1.29 is 84.3 Å². The van der Waals surface area contributed by atoms with Gasteiger partial charge in [-0.1, -0.05) is 235 Å². The van der Waals surface area contributed by atoms with Crippen LogP contribution in [-0.2, 0) is 65.1 Å². The van der Waals surface area contributed by atoms with Gasteiger partial charge in [-0.05, 0) is 68.2 Å². The van der Waals surface area contributed by atoms with Crippen molar-refractivity contribution in [2.45, 2.75) is 258 Å². The second-order valence-electron chi connectivity index (χ2n) is 22.2. The van der Waals surface area contributed by atoms with Crippen molar-refractivity contribution in [3.05, 3.63) is 70.8 Å². The summed E-state index contributed by atoms with van der Waals surface area (Å²) in [6.45, 7) is 49.1. The number of benzene rings is 3. The molecule has 3 aromatic carbocycles. The predicted molar refractivity (Wildman–Crippen MR) is 276 cm³/mol. The summed E-state index contributed by atoms with van der Waals surface area (Å²) in [5.74, 6) is -0.0101. The van der Waals surface area contributed by atoms with Crippen LogP contribution in [0.4, 0.5) is 22.7 Å². The molecule has 69 heavy (non-hydrogen) atoms. The molecule has 0 heterocycles. The topological polar surface area (TPSA) is 209 Å². The van der Waals surface area contributed by atoms with Gasteiger partial charge < -0.3 is 51.5 Å². The van der Waals surface area contributed by atoms with E-state index in [1.807, 2.05) is 48.5 Å². The van der Waals surface area contributed by atoms with E-state index < -0.39 is 36.6 Å². The second kappa shape index (κ2) is 40.5. The molecule has 0 radical (unpaired) electrons. The summed E-state index contributed by atoms with van der Waals surface area (Å²) in [7, 11) is 0. The third-order valence-electron chi connectivity index (χ3n) is 7.70. The molecule has 12 heteroatoms. The van der Waals surface area contributed by atoms with Crippen LogP contribution in [0.5, 0.6) is 11.5 Å². The number of para-hydroxylation sites is 2. The molecule has 0 aliphatic heterocycles. The van der Waals surface area contributed by atoms with E-state index in [-0.39, 0.29) is 76.6 Å². The Labute approximate surface area is 454 Å². The first kappa shape index (κ1) is 81.1. The van der Waals surface area contributed by atoms with E-state index in [0.717, 1.165) is 33.6 Å². The van der Waals surface area contributed by atoms with Crippen LogP contribution in [0.15, 0.2) is 48.5 Å². The number of hydrogen-bond donors (Lipinski definition) is 2. The molecule has 0 aromatic heterocycles. The van der Waals surface area contributed by atoms with Crippen LogP contribution in [0.3, 0.4) is 0 Å². The molecule has 0 spiro atoms. The summed E-state index contributed by atoms with van der Waals surface area (Å²) in [5, 5.41) is 91.2. The predicted octanol–water partition coefficient (Wildman–Crippen LogP) is 9.23. The van der Waals surface area contributed by atoms with Gasteiger partial charge in [-0.15, -0.1) is 36.6 Å². The fourth-order valence-corrected chi connectivity index (χ4v) is 4.77. The minimum Gasteiger partial charge on any atom is -0.871 e. The molecule has 0 bridgehead atoms. The SMILES string of the molecule is CC(C)(C)c1cc(Nc2ccccc2Nc2cc(C(C)(C)C)cc(C(C)(C)C)c2[O-])c([O-])c(C(C)(C)C)c1.CC(C)[O-].CC(C)[O-].CC(C)[O-].CC(C)[O-].CC(C)[O-].CC(C)[O-].CCCCC.[Ti+4].[Ti+4]. The largest absolute Gasteiger partial charge is 4.00 e. The molecule has 0 aliphatic rings. The molecule has 3 rings (SSSR count). The molecule has 0 saturated carbocycles. The normalized spacial score (nSPS) is 10.9. The Morgan fingerprint density at radius 3 is 0.725 bits per heavy atom. The van der Waals surface area contributed by atoms with Crippen LogP contribution >= 0.6 is 0 Å². The van der Waals surface area contributed by atoms with Crippen LogP contribution in [0.1, 0.15) is 222 Å². The van der Waals surface area contributed by atoms with Crippen LogP contribution in [-0.4, -0.2) is 36.6 Å². The molecular weight excluding hydrogens is 936 g/mol. The average molecular weight is 1040 g/mol. The first-order valence-corrected chi connectivity index (χ1v) is 24.3. The molecule has 10 nitrogen and oxygen atoms in total. The summed E-state index contributed by atoms with van der Waals surface area (Å²) in [6.07, 6.45) is 1.58. The number of unbranched alkanes of at least 4 members (excludes halogenated alkanes) is 2. The average Bonchev–Trinajstić information content (AvgIpc) is 3.08. The Kier molecular flexibility index (Phi) is 47.6. The number of nitrogens with one attached hydrogen (secondary N) is 2. The van der Waals surface area contributed by atoms with Crippen molar-refractivity contribution in [2.75, 3.05) is 10.6 Å². The monoisotopic (exact) mass is 1040 g/mol. The van der Waals surface area contributed by atoms with Crippen LogP contribution in [0.25, 0.3) is 0 Å². The van der Waals surface area contributed by atoms with Gasteiger partial charge in [0.1, 0.15) is 0 Å². The van der Waals surface area contributed by atoms with Gasteiger partial charge in [0, 0.05) is 11.4 Å². The van der Waals surface area contributed by atoms with E-state index in [2.05, 4.69) is 108 Å². The molecule has 0 amide bonds. The number of rotatable bonds is 6. The molecule has 0 unspecified atom stereocenters. The van der Waals surface area contributed by atoms with Gasteiger partial charge in [0.2, 0.25) is 0 Å². The first-order valence-electron chi connectivity index (χ1n) is 24.3. The number of anilines is 4. The molecule has 0 saturated heterocycles. The third-order valence-corrected chi connectivity index (χ3v) is 7.70. The Balaban J connectivity index is -0.000000202. The maximum atomic E-state index is 13.6. The van der Waals surface area contributed by atoms with Gasteiger partial charge in [-0.3, -0.25) is 0 Å². The quantitative estimate of drug-likeness (QED) is 0.224. The Morgan fingerprint density at radius 1 is 0.377 bits per heavy atom. The minimum absolute atomic E-state index is 0. The van der Waals surface area contributed by atoms with Crippen LogP contribution in [0, 0.1) is 0 Å². The van der Waals surface area contributed by atoms with Gasteiger partial charge in [0.05, 0.1) is 11.4 Å². The van der Waals surface area contributed by atoms with Gasteiger partial charge in [-0.25, -0.2) is 0 Å². The summed E-state index contributed by atoms with van der Waals surface area (Å²) < 4.78 is 0. The van der Waals surface area contributed by atoms with E-state index >= 15 is 0 Å². The molecule has 3 aromatic rings. The van der Waals surface area contributed by atoms with Gasteiger partial charge in [-0.2, -0.15) is 0 Å². The van der Waals surface area contributed by atoms with E-state index in [4.69, 9.17) is 0 Å². The van der Waals surface area contributed by atoms with E-state index in [9.17, 15) is 40.9 Å². The van der Waals surface area contributed by atoms with Crippen molar-refractivity contribution in [1.82, 2.24) is 0 Å². The van der Waals surface area contributed by atoms with Gasteiger partial charge >= 0.3 is 43.4 Å². The standard InChI is InChI=1S/C34H48N2O2.C5H12.6C3H7O.2Ti/c1-31(2,3)21-17-23(33(7,8)9)29(37)27(19-21)35-25-15-13-14-16-26(25)36-28-20-22(32(4,5)6)18-24(30(28)38)34(10,11)12;1-3-5-4-2;6*1-3(2)4;;/h13-20,35-38H,1-12H3;3-5H2,1-2H3;6*3H,1-2H3;;/q;;6*-1;2*+4/p-2. The van der Waals surface area contributed by atoms with E-state index in [1.165, 1.54) is 19.3 Å². The van der Waals surface area contributed by atoms with E-state index in [1.54, 1.807) is 83.1 Å². The first-order chi connectivity index (χ1) is 30.0. The summed E-state index contributed by atoms with van der Waals surface area (Å²) in [6, 6.07) is 15.8. The van der Waals surface area contributed by atoms with Crippen LogP contribution in [0.2, 0.25) is 0 Å².